The van der Waals surface area contributed by atoms with Crippen molar-refractivity contribution in [2.75, 3.05) is 33.3 Å². The van der Waals surface area contributed by atoms with Crippen molar-refractivity contribution in [3.05, 3.63) is 29.3 Å². The Bertz CT molecular complexity index is 540. The first-order valence-corrected chi connectivity index (χ1v) is 8.31. The van der Waals surface area contributed by atoms with Crippen LogP contribution in [0.2, 0.25) is 0 Å². The number of hydrogen-bond acceptors (Lipinski definition) is 4. The highest BCUT2D eigenvalue weighted by Gasteiger charge is 2.30. The predicted molar refractivity (Wildman–Crippen MR) is 87.5 cm³/mol. The zero-order valence-corrected chi connectivity index (χ0v) is 13.7. The van der Waals surface area contributed by atoms with Crippen molar-refractivity contribution >= 4 is 5.78 Å². The summed E-state index contributed by atoms with van der Waals surface area (Å²) >= 11 is 0. The molecule has 1 heterocycles. The zero-order chi connectivity index (χ0) is 15.5. The molecule has 22 heavy (non-hydrogen) atoms. The van der Waals surface area contributed by atoms with Crippen LogP contribution in [0.5, 0.6) is 5.75 Å². The molecule has 1 saturated carbocycles. The van der Waals surface area contributed by atoms with Gasteiger partial charge in [0.05, 0.1) is 7.11 Å². The summed E-state index contributed by atoms with van der Waals surface area (Å²) in [4.78, 5) is 16.7. The Morgan fingerprint density at radius 1 is 1.23 bits per heavy atom. The van der Waals surface area contributed by atoms with Gasteiger partial charge in [0.25, 0.3) is 0 Å². The summed E-state index contributed by atoms with van der Waals surface area (Å²) in [6, 6.07) is 6.61. The van der Waals surface area contributed by atoms with Crippen LogP contribution in [0.3, 0.4) is 0 Å². The summed E-state index contributed by atoms with van der Waals surface area (Å²) in [7, 11) is 1.70. The highest BCUT2D eigenvalue weighted by atomic mass is 16.5. The molecule has 1 aliphatic carbocycles. The van der Waals surface area contributed by atoms with Crippen LogP contribution in [-0.4, -0.2) is 54.9 Å². The van der Waals surface area contributed by atoms with Crippen molar-refractivity contribution in [2.24, 2.45) is 0 Å². The Labute approximate surface area is 133 Å². The molecule has 2 fully saturated rings. The first-order valence-electron chi connectivity index (χ1n) is 8.31. The van der Waals surface area contributed by atoms with Crippen LogP contribution in [0, 0.1) is 0 Å². The van der Waals surface area contributed by atoms with Gasteiger partial charge in [-0.3, -0.25) is 14.6 Å². The van der Waals surface area contributed by atoms with Crippen molar-refractivity contribution < 1.29 is 9.53 Å². The number of rotatable bonds is 5. The van der Waals surface area contributed by atoms with Gasteiger partial charge < -0.3 is 4.74 Å². The predicted octanol–water partition coefficient (Wildman–Crippen LogP) is 2.57. The van der Waals surface area contributed by atoms with E-state index in [1.807, 2.05) is 18.2 Å². The third-order valence-electron chi connectivity index (χ3n) is 4.77. The van der Waals surface area contributed by atoms with Gasteiger partial charge in [0.1, 0.15) is 5.75 Å². The quantitative estimate of drug-likeness (QED) is 0.783. The van der Waals surface area contributed by atoms with Gasteiger partial charge in [0.15, 0.2) is 5.78 Å². The lowest BCUT2D eigenvalue weighted by molar-refractivity contribution is 0.101. The van der Waals surface area contributed by atoms with E-state index in [0.29, 0.717) is 0 Å². The van der Waals surface area contributed by atoms with Crippen molar-refractivity contribution in [1.82, 2.24) is 9.80 Å². The molecular formula is C18H26N2O2. The van der Waals surface area contributed by atoms with E-state index < -0.39 is 0 Å². The number of ether oxygens (including phenoxy) is 1. The molecule has 1 aromatic rings. The number of carbonyl (C=O) groups is 1. The Balaban J connectivity index is 1.68. The lowest BCUT2D eigenvalue weighted by atomic mass is 10.1. The first kappa shape index (κ1) is 15.5. The van der Waals surface area contributed by atoms with Gasteiger partial charge in [-0.25, -0.2) is 0 Å². The van der Waals surface area contributed by atoms with Crippen molar-refractivity contribution in [3.8, 4) is 5.75 Å². The summed E-state index contributed by atoms with van der Waals surface area (Å²) in [5.74, 6) is 0.993. The van der Waals surface area contributed by atoms with Gasteiger partial charge in [0.2, 0.25) is 0 Å². The fourth-order valence-electron chi connectivity index (χ4n) is 3.32. The van der Waals surface area contributed by atoms with E-state index in [2.05, 4.69) is 9.80 Å². The number of Topliss-reactive ketones (excluding diaryl/α,β-unsaturated/α-hetero) is 1. The number of benzene rings is 1. The first-order chi connectivity index (χ1) is 10.7. The molecule has 1 aromatic carbocycles. The van der Waals surface area contributed by atoms with Crippen LogP contribution in [0.1, 0.15) is 42.1 Å². The van der Waals surface area contributed by atoms with Crippen molar-refractivity contribution in [1.29, 1.82) is 0 Å². The molecule has 0 amide bonds. The molecule has 4 nitrogen and oxygen atoms in total. The summed E-state index contributed by atoms with van der Waals surface area (Å²) < 4.78 is 5.47. The van der Waals surface area contributed by atoms with Crippen LogP contribution in [0.4, 0.5) is 0 Å². The average Bonchev–Trinajstić information content (AvgIpc) is 3.34. The summed E-state index contributed by atoms with van der Waals surface area (Å²) in [6.45, 7) is 7.10. The van der Waals surface area contributed by atoms with E-state index in [9.17, 15) is 4.79 Å². The van der Waals surface area contributed by atoms with Gasteiger partial charge in [-0.1, -0.05) is 0 Å². The van der Waals surface area contributed by atoms with Gasteiger partial charge in [0, 0.05) is 36.8 Å². The minimum absolute atomic E-state index is 0.111. The highest BCUT2D eigenvalue weighted by Crippen LogP contribution is 2.28. The van der Waals surface area contributed by atoms with Gasteiger partial charge in [-0.05, 0) is 57.5 Å². The topological polar surface area (TPSA) is 32.8 Å². The fraction of sp³-hybridized carbons (Fsp3) is 0.611. The highest BCUT2D eigenvalue weighted by molar-refractivity contribution is 5.94. The number of methoxy groups -OCH3 is 1. The van der Waals surface area contributed by atoms with Crippen molar-refractivity contribution in [3.63, 3.8) is 0 Å². The second-order valence-corrected chi connectivity index (χ2v) is 6.48. The molecule has 0 unspecified atom stereocenters. The number of nitrogens with zero attached hydrogens (tertiary/aromatic N) is 2. The SMILES string of the molecule is COc1ccc(C(C)=O)cc1CN1CCCN(C2CC2)CC1. The molecule has 0 N–H and O–H groups in total. The second-order valence-electron chi connectivity index (χ2n) is 6.48. The molecule has 0 atom stereocenters. The van der Waals surface area contributed by atoms with Crippen LogP contribution in [0.15, 0.2) is 18.2 Å². The van der Waals surface area contributed by atoms with Gasteiger partial charge in [-0.2, -0.15) is 0 Å². The van der Waals surface area contributed by atoms with E-state index in [1.54, 1.807) is 14.0 Å². The van der Waals surface area contributed by atoms with E-state index in [4.69, 9.17) is 4.74 Å². The zero-order valence-electron chi connectivity index (χ0n) is 13.7. The standard InChI is InChI=1S/C18H26N2O2/c1-14(21)15-4-7-18(22-2)16(12-15)13-19-8-3-9-20(11-10-19)17-5-6-17/h4,7,12,17H,3,5-6,8-11,13H2,1-2H3. The smallest absolute Gasteiger partial charge is 0.159 e. The van der Waals surface area contributed by atoms with Crippen LogP contribution in [0.25, 0.3) is 0 Å². The van der Waals surface area contributed by atoms with Gasteiger partial charge in [-0.15, -0.1) is 0 Å². The van der Waals surface area contributed by atoms with E-state index >= 15 is 0 Å². The van der Waals surface area contributed by atoms with Crippen LogP contribution in [-0.2, 0) is 6.54 Å². The average molecular weight is 302 g/mol. The molecule has 3 rings (SSSR count). The minimum atomic E-state index is 0.111. The number of hydrogen-bond donors (Lipinski definition) is 0. The maximum Gasteiger partial charge on any atom is 0.159 e. The lowest BCUT2D eigenvalue weighted by Crippen LogP contribution is -2.32. The summed E-state index contributed by atoms with van der Waals surface area (Å²) in [5.41, 5.74) is 1.89. The lowest BCUT2D eigenvalue weighted by Gasteiger charge is -2.22. The van der Waals surface area contributed by atoms with Gasteiger partial charge >= 0.3 is 0 Å². The van der Waals surface area contributed by atoms with Crippen molar-refractivity contribution in [2.45, 2.75) is 38.8 Å². The Morgan fingerprint density at radius 3 is 2.73 bits per heavy atom. The third-order valence-corrected chi connectivity index (χ3v) is 4.77. The number of carbonyl (C=O) groups excluding carboxylic acids is 1. The molecule has 4 heteroatoms. The molecular weight excluding hydrogens is 276 g/mol. The number of ketones is 1. The molecule has 0 radical (unpaired) electrons. The monoisotopic (exact) mass is 302 g/mol. The summed E-state index contributed by atoms with van der Waals surface area (Å²) in [5, 5.41) is 0. The molecule has 1 aliphatic heterocycles. The maximum atomic E-state index is 11.6. The Kier molecular flexibility index (Phi) is 4.79. The van der Waals surface area contributed by atoms with E-state index in [-0.39, 0.29) is 5.78 Å². The molecule has 0 spiro atoms. The van der Waals surface area contributed by atoms with Crippen LogP contribution >= 0.6 is 0 Å². The largest absolute Gasteiger partial charge is 0.496 e. The fourth-order valence-corrected chi connectivity index (χ4v) is 3.32. The maximum absolute atomic E-state index is 11.6. The second kappa shape index (κ2) is 6.80. The molecule has 120 valence electrons. The summed E-state index contributed by atoms with van der Waals surface area (Å²) in [6.07, 6.45) is 3.99. The van der Waals surface area contributed by atoms with Crippen LogP contribution < -0.4 is 4.74 Å². The molecule has 2 aliphatic rings. The van der Waals surface area contributed by atoms with E-state index in [1.165, 1.54) is 32.4 Å². The Morgan fingerprint density at radius 2 is 2.05 bits per heavy atom. The molecule has 1 saturated heterocycles. The molecule has 0 bridgehead atoms. The normalized spacial score (nSPS) is 20.6. The van der Waals surface area contributed by atoms with E-state index in [0.717, 1.165) is 42.6 Å². The molecule has 0 aromatic heterocycles. The minimum Gasteiger partial charge on any atom is -0.496 e. The third kappa shape index (κ3) is 3.68. The Hall–Kier alpha value is -1.39.